The Morgan fingerprint density at radius 1 is 1.29 bits per heavy atom. The lowest BCUT2D eigenvalue weighted by Crippen LogP contribution is -2.52. The second-order valence-corrected chi connectivity index (χ2v) is 10.2. The van der Waals surface area contributed by atoms with Gasteiger partial charge in [-0.25, -0.2) is 0 Å². The smallest absolute Gasteiger partial charge is 0.309 e. The van der Waals surface area contributed by atoms with Crippen LogP contribution in [-0.2, 0) is 17.6 Å². The third kappa shape index (κ3) is 4.04. The summed E-state index contributed by atoms with van der Waals surface area (Å²) in [5.74, 6) is 0.887. The van der Waals surface area contributed by atoms with Gasteiger partial charge in [-0.2, -0.15) is 4.98 Å². The fraction of sp³-hybridized carbons (Fsp3) is 0.458. The summed E-state index contributed by atoms with van der Waals surface area (Å²) in [6.07, 6.45) is 4.33. The highest BCUT2D eigenvalue weighted by atomic mass is 32.1. The Hall–Kier alpha value is -2.51. The highest BCUT2D eigenvalue weighted by Crippen LogP contribution is 2.44. The predicted molar refractivity (Wildman–Crippen MR) is 120 cm³/mol. The summed E-state index contributed by atoms with van der Waals surface area (Å²) in [7, 11) is 0. The number of nitrogens with zero attached hydrogens (tertiary/aromatic N) is 3. The van der Waals surface area contributed by atoms with Crippen molar-refractivity contribution in [2.24, 2.45) is 11.8 Å². The summed E-state index contributed by atoms with van der Waals surface area (Å²) in [5.41, 5.74) is 3.57. The summed E-state index contributed by atoms with van der Waals surface area (Å²) >= 11 is 1.74. The summed E-state index contributed by atoms with van der Waals surface area (Å²) < 4.78 is 5.58. The number of carboxylic acids is 1. The van der Waals surface area contributed by atoms with E-state index in [1.54, 1.807) is 11.3 Å². The number of hydrogen-bond donors (Lipinski definition) is 1. The quantitative estimate of drug-likeness (QED) is 0.581. The lowest BCUT2D eigenvalue weighted by molar-refractivity contribution is -0.149. The van der Waals surface area contributed by atoms with Crippen LogP contribution in [0.3, 0.4) is 0 Å². The van der Waals surface area contributed by atoms with Crippen molar-refractivity contribution in [3.05, 3.63) is 46.3 Å². The molecule has 0 spiro atoms. The van der Waals surface area contributed by atoms with Crippen LogP contribution >= 0.6 is 11.3 Å². The molecule has 3 heterocycles. The van der Waals surface area contributed by atoms with Crippen molar-refractivity contribution in [2.75, 3.05) is 13.1 Å². The average molecular weight is 438 g/mol. The molecule has 2 aromatic heterocycles. The molecule has 7 heteroatoms. The molecule has 0 amide bonds. The number of carboxylic acid groups (broad SMARTS) is 1. The van der Waals surface area contributed by atoms with Gasteiger partial charge in [0.25, 0.3) is 5.89 Å². The van der Waals surface area contributed by atoms with Gasteiger partial charge in [0.2, 0.25) is 5.82 Å². The van der Waals surface area contributed by atoms with Gasteiger partial charge in [0.15, 0.2) is 0 Å². The van der Waals surface area contributed by atoms with E-state index in [0.29, 0.717) is 36.8 Å². The van der Waals surface area contributed by atoms with Crippen LogP contribution in [0.1, 0.15) is 48.7 Å². The summed E-state index contributed by atoms with van der Waals surface area (Å²) in [4.78, 5) is 20.5. The van der Waals surface area contributed by atoms with Gasteiger partial charge in [-0.1, -0.05) is 31.1 Å². The van der Waals surface area contributed by atoms with Crippen molar-refractivity contribution in [2.45, 2.75) is 45.6 Å². The Bertz CT molecular complexity index is 1080. The van der Waals surface area contributed by atoms with Gasteiger partial charge in [-0.3, -0.25) is 9.69 Å². The highest BCUT2D eigenvalue weighted by molar-refractivity contribution is 7.15. The van der Waals surface area contributed by atoms with Crippen LogP contribution in [0.5, 0.6) is 0 Å². The Morgan fingerprint density at radius 2 is 2.06 bits per heavy atom. The molecule has 0 bridgehead atoms. The number of fused-ring (bicyclic) bond motifs is 1. The van der Waals surface area contributed by atoms with Crippen LogP contribution in [0.2, 0.25) is 0 Å². The fourth-order valence-electron chi connectivity index (χ4n) is 4.64. The monoisotopic (exact) mass is 437 g/mol. The number of likely N-dealkylation sites (tertiary alicyclic amines) is 1. The maximum atomic E-state index is 11.2. The zero-order valence-electron chi connectivity index (χ0n) is 17.9. The Kier molecular flexibility index (Phi) is 5.40. The first-order valence-corrected chi connectivity index (χ1v) is 11.8. The van der Waals surface area contributed by atoms with Gasteiger partial charge in [0.05, 0.1) is 10.8 Å². The van der Waals surface area contributed by atoms with E-state index in [2.05, 4.69) is 47.1 Å². The van der Waals surface area contributed by atoms with E-state index in [1.165, 1.54) is 16.0 Å². The molecular weight excluding hydrogens is 410 g/mol. The zero-order chi connectivity index (χ0) is 21.5. The number of rotatable bonds is 6. The number of aromatic nitrogens is 2. The predicted octanol–water partition coefficient (Wildman–Crippen LogP) is 5.06. The lowest BCUT2D eigenvalue weighted by Gasteiger charge is -2.44. The average Bonchev–Trinajstić information content (AvgIpc) is 3.34. The zero-order valence-corrected chi connectivity index (χ0v) is 18.7. The van der Waals surface area contributed by atoms with E-state index in [1.807, 2.05) is 12.1 Å². The Balaban J connectivity index is 1.34. The molecule has 5 rings (SSSR count). The van der Waals surface area contributed by atoms with Crippen LogP contribution in [0, 0.1) is 11.8 Å². The topological polar surface area (TPSA) is 79.5 Å². The van der Waals surface area contributed by atoms with Gasteiger partial charge < -0.3 is 9.63 Å². The molecule has 31 heavy (non-hydrogen) atoms. The molecule has 6 nitrogen and oxygen atoms in total. The molecule has 1 aliphatic heterocycles. The minimum Gasteiger partial charge on any atom is -0.481 e. The molecule has 1 saturated heterocycles. The van der Waals surface area contributed by atoms with Crippen molar-refractivity contribution < 1.29 is 14.4 Å². The molecule has 1 unspecified atom stereocenters. The largest absolute Gasteiger partial charge is 0.481 e. The second-order valence-electron chi connectivity index (χ2n) is 9.10. The van der Waals surface area contributed by atoms with Crippen LogP contribution in [0.4, 0.5) is 0 Å². The van der Waals surface area contributed by atoms with Gasteiger partial charge >= 0.3 is 5.97 Å². The number of aliphatic carboxylic acids is 1. The number of hydrogen-bond acceptors (Lipinski definition) is 6. The van der Waals surface area contributed by atoms with Crippen LogP contribution in [0.15, 0.2) is 34.9 Å². The van der Waals surface area contributed by atoms with Crippen molar-refractivity contribution in [1.29, 1.82) is 0 Å². The van der Waals surface area contributed by atoms with Gasteiger partial charge in [-0.05, 0) is 60.9 Å². The lowest BCUT2D eigenvalue weighted by atomic mass is 9.88. The molecular formula is C24H27N3O3S. The van der Waals surface area contributed by atoms with Crippen molar-refractivity contribution >= 4 is 17.3 Å². The molecule has 1 atom stereocenters. The normalized spacial score (nSPS) is 19.4. The van der Waals surface area contributed by atoms with Crippen LogP contribution in [0.25, 0.3) is 22.2 Å². The van der Waals surface area contributed by atoms with Gasteiger partial charge in [0, 0.05) is 29.6 Å². The molecule has 2 aliphatic rings. The molecule has 1 aliphatic carbocycles. The fourth-order valence-corrected chi connectivity index (χ4v) is 5.82. The highest BCUT2D eigenvalue weighted by Gasteiger charge is 2.39. The second kappa shape index (κ2) is 8.20. The Labute approximate surface area is 185 Å². The maximum absolute atomic E-state index is 11.2. The van der Waals surface area contributed by atoms with E-state index < -0.39 is 5.97 Å². The van der Waals surface area contributed by atoms with E-state index in [0.717, 1.165) is 36.1 Å². The molecule has 1 aromatic carbocycles. The van der Waals surface area contributed by atoms with Crippen molar-refractivity contribution in [3.63, 3.8) is 0 Å². The standard InChI is InChI=1S/C24H27N3O3S/c1-14(2)10-15-6-8-16(9-7-15)23-25-22(26-30-23)21-11-18-19(4-3-5-20(18)31-21)27-12-17(13-27)24(28)29/h6-9,11,14,17,19H,3-5,10,12-13H2,1-2H3,(H,28,29). The number of thiophene rings is 1. The number of carbonyl (C=O) groups is 1. The van der Waals surface area contributed by atoms with Gasteiger partial charge in [0.1, 0.15) is 0 Å². The summed E-state index contributed by atoms with van der Waals surface area (Å²) in [6.45, 7) is 5.72. The van der Waals surface area contributed by atoms with Crippen LogP contribution in [-0.4, -0.2) is 39.2 Å². The van der Waals surface area contributed by atoms with Gasteiger partial charge in [-0.15, -0.1) is 11.3 Å². The van der Waals surface area contributed by atoms with E-state index in [-0.39, 0.29) is 5.92 Å². The summed E-state index contributed by atoms with van der Waals surface area (Å²) in [6, 6.07) is 10.9. The molecule has 0 radical (unpaired) electrons. The molecule has 1 fully saturated rings. The number of aryl methyl sites for hydroxylation is 1. The number of benzene rings is 1. The Morgan fingerprint density at radius 3 is 2.77 bits per heavy atom. The van der Waals surface area contributed by atoms with Crippen LogP contribution < -0.4 is 0 Å². The van der Waals surface area contributed by atoms with Crippen molar-refractivity contribution in [1.82, 2.24) is 15.0 Å². The van der Waals surface area contributed by atoms with E-state index in [9.17, 15) is 9.90 Å². The minimum atomic E-state index is -0.685. The first-order chi connectivity index (χ1) is 15.0. The first-order valence-electron chi connectivity index (χ1n) is 11.0. The minimum absolute atomic E-state index is 0.227. The summed E-state index contributed by atoms with van der Waals surface area (Å²) in [5, 5.41) is 13.4. The molecule has 162 valence electrons. The first kappa shape index (κ1) is 20.4. The molecule has 0 saturated carbocycles. The van der Waals surface area contributed by atoms with E-state index in [4.69, 9.17) is 4.52 Å². The SMILES string of the molecule is CC(C)Cc1ccc(-c2nc(-c3cc4c(s3)CCCC4N3CC(C(=O)O)C3)no2)cc1. The third-order valence-electron chi connectivity index (χ3n) is 6.27. The molecule has 1 N–H and O–H groups in total. The third-order valence-corrected chi connectivity index (χ3v) is 7.48. The molecule has 3 aromatic rings. The van der Waals surface area contributed by atoms with Crippen molar-refractivity contribution in [3.8, 4) is 22.2 Å². The van der Waals surface area contributed by atoms with E-state index >= 15 is 0 Å². The maximum Gasteiger partial charge on any atom is 0.309 e.